The molecule has 0 aliphatic rings. The van der Waals surface area contributed by atoms with Crippen molar-refractivity contribution in [2.45, 2.75) is 17.1 Å². The van der Waals surface area contributed by atoms with Gasteiger partial charge in [-0.2, -0.15) is 5.10 Å². The van der Waals surface area contributed by atoms with Crippen molar-refractivity contribution in [2.24, 2.45) is 0 Å². The number of amides is 1. The first-order valence-corrected chi connectivity index (χ1v) is 8.56. The molecule has 1 amide bonds. The summed E-state index contributed by atoms with van der Waals surface area (Å²) in [6.07, 6.45) is 3.01. The van der Waals surface area contributed by atoms with Gasteiger partial charge in [-0.3, -0.25) is 4.79 Å². The molecule has 122 valence electrons. The number of hydrogen-bond acceptors (Lipinski definition) is 4. The Kier molecular flexibility index (Phi) is 5.17. The molecule has 0 unspecified atom stereocenters. The summed E-state index contributed by atoms with van der Waals surface area (Å²) in [5, 5.41) is 7.31. The Bertz CT molecular complexity index is 824. The molecule has 0 fully saturated rings. The van der Waals surface area contributed by atoms with Crippen molar-refractivity contribution < 1.29 is 4.79 Å². The van der Waals surface area contributed by atoms with E-state index in [4.69, 9.17) is 11.6 Å². The first kappa shape index (κ1) is 16.5. The van der Waals surface area contributed by atoms with Crippen molar-refractivity contribution in [3.05, 3.63) is 66.2 Å². The Morgan fingerprint density at radius 2 is 2.04 bits per heavy atom. The third kappa shape index (κ3) is 3.96. The average molecular weight is 359 g/mol. The number of nitrogens with zero attached hydrogens (tertiary/aromatic N) is 3. The van der Waals surface area contributed by atoms with E-state index >= 15 is 0 Å². The number of carbonyl (C=O) groups excluding carboxylic acids is 1. The molecule has 1 aromatic heterocycles. The summed E-state index contributed by atoms with van der Waals surface area (Å²) in [6, 6.07) is 15.1. The smallest absolute Gasteiger partial charge is 0.237 e. The molecule has 24 heavy (non-hydrogen) atoms. The summed E-state index contributed by atoms with van der Waals surface area (Å²) in [5.74, 6) is -0.104. The van der Waals surface area contributed by atoms with Crippen LogP contribution < -0.4 is 5.32 Å². The number of aromatic nitrogens is 3. The molecule has 0 spiro atoms. The first-order chi connectivity index (χ1) is 11.6. The molecule has 3 aromatic rings. The van der Waals surface area contributed by atoms with Gasteiger partial charge < -0.3 is 5.32 Å². The van der Waals surface area contributed by atoms with Crippen LogP contribution in [0.2, 0.25) is 5.02 Å². The van der Waals surface area contributed by atoms with E-state index in [1.165, 1.54) is 18.1 Å². The second-order valence-electron chi connectivity index (χ2n) is 5.06. The minimum atomic E-state index is -0.255. The fraction of sp³-hybridized carbons (Fsp3) is 0.118. The molecule has 0 saturated heterocycles. The van der Waals surface area contributed by atoms with Crippen LogP contribution in [0.15, 0.2) is 66.1 Å². The van der Waals surface area contributed by atoms with Crippen molar-refractivity contribution >= 4 is 35.0 Å². The molecule has 7 heteroatoms. The quantitative estimate of drug-likeness (QED) is 0.699. The zero-order valence-corrected chi connectivity index (χ0v) is 14.5. The van der Waals surface area contributed by atoms with Crippen LogP contribution in [-0.2, 0) is 4.79 Å². The minimum absolute atomic E-state index is 0.104. The Morgan fingerprint density at radius 1 is 1.25 bits per heavy atom. The van der Waals surface area contributed by atoms with Gasteiger partial charge in [0.1, 0.15) is 12.7 Å². The Morgan fingerprint density at radius 3 is 2.75 bits per heavy atom. The highest BCUT2D eigenvalue weighted by Crippen LogP contribution is 2.27. The van der Waals surface area contributed by atoms with Gasteiger partial charge in [0.15, 0.2) is 0 Å². The average Bonchev–Trinajstić information content (AvgIpc) is 3.10. The van der Waals surface area contributed by atoms with Gasteiger partial charge in [0, 0.05) is 9.92 Å². The molecule has 5 nitrogen and oxygen atoms in total. The molecule has 0 radical (unpaired) electrons. The van der Waals surface area contributed by atoms with Crippen LogP contribution in [0.4, 0.5) is 5.69 Å². The van der Waals surface area contributed by atoms with E-state index in [1.807, 2.05) is 37.3 Å². The minimum Gasteiger partial charge on any atom is -0.323 e. The van der Waals surface area contributed by atoms with Crippen molar-refractivity contribution in [3.8, 4) is 5.69 Å². The van der Waals surface area contributed by atoms with Crippen molar-refractivity contribution in [1.82, 2.24) is 14.8 Å². The number of halogens is 1. The molecular formula is C17H15ClN4OS. The molecule has 0 bridgehead atoms. The van der Waals surface area contributed by atoms with Crippen molar-refractivity contribution in [3.63, 3.8) is 0 Å². The lowest BCUT2D eigenvalue weighted by atomic mass is 10.2. The maximum absolute atomic E-state index is 12.5. The van der Waals surface area contributed by atoms with Crippen molar-refractivity contribution in [2.75, 3.05) is 5.32 Å². The standard InChI is InChI=1S/C17H15ClN4OS/c1-12(24-14-5-3-2-4-6-14)17(23)21-15-9-13(18)7-8-16(15)22-11-19-10-20-22/h2-12H,1H3,(H,21,23)/t12-/m1/s1. The SMILES string of the molecule is C[C@@H](Sc1ccccc1)C(=O)Nc1cc(Cl)ccc1-n1cncn1. The second-order valence-corrected chi connectivity index (χ2v) is 6.91. The van der Waals surface area contributed by atoms with Crippen LogP contribution in [0.25, 0.3) is 5.69 Å². The zero-order chi connectivity index (χ0) is 16.9. The van der Waals surface area contributed by atoms with Gasteiger partial charge in [0.2, 0.25) is 5.91 Å². The normalized spacial score (nSPS) is 11.9. The summed E-state index contributed by atoms with van der Waals surface area (Å²) >= 11 is 7.57. The first-order valence-electron chi connectivity index (χ1n) is 7.30. The molecule has 1 heterocycles. The van der Waals surface area contributed by atoms with E-state index in [2.05, 4.69) is 15.4 Å². The topological polar surface area (TPSA) is 59.8 Å². The molecule has 2 aromatic carbocycles. The molecule has 3 rings (SSSR count). The van der Waals surface area contributed by atoms with Crippen LogP contribution in [0.5, 0.6) is 0 Å². The summed E-state index contributed by atoms with van der Waals surface area (Å²) in [4.78, 5) is 17.5. The van der Waals surface area contributed by atoms with Gasteiger partial charge >= 0.3 is 0 Å². The Hall–Kier alpha value is -2.31. The predicted molar refractivity (Wildman–Crippen MR) is 96.8 cm³/mol. The molecule has 0 aliphatic carbocycles. The summed E-state index contributed by atoms with van der Waals surface area (Å²) in [6.45, 7) is 1.87. The molecule has 0 aliphatic heterocycles. The summed E-state index contributed by atoms with van der Waals surface area (Å²) in [7, 11) is 0. The van der Waals surface area contributed by atoms with Gasteiger partial charge in [-0.05, 0) is 37.3 Å². The highest BCUT2D eigenvalue weighted by atomic mass is 35.5. The maximum Gasteiger partial charge on any atom is 0.237 e. The van der Waals surface area contributed by atoms with Crippen LogP contribution in [0.1, 0.15) is 6.92 Å². The number of hydrogen-bond donors (Lipinski definition) is 1. The van der Waals surface area contributed by atoms with E-state index in [0.717, 1.165) is 4.90 Å². The van der Waals surface area contributed by atoms with E-state index in [1.54, 1.807) is 29.2 Å². The number of benzene rings is 2. The van der Waals surface area contributed by atoms with Gasteiger partial charge in [0.25, 0.3) is 0 Å². The van der Waals surface area contributed by atoms with Crippen LogP contribution in [0, 0.1) is 0 Å². The number of carbonyl (C=O) groups is 1. The molecular weight excluding hydrogens is 344 g/mol. The highest BCUT2D eigenvalue weighted by molar-refractivity contribution is 8.00. The fourth-order valence-electron chi connectivity index (χ4n) is 2.13. The lowest BCUT2D eigenvalue weighted by Crippen LogP contribution is -2.23. The van der Waals surface area contributed by atoms with Gasteiger partial charge in [-0.25, -0.2) is 9.67 Å². The highest BCUT2D eigenvalue weighted by Gasteiger charge is 2.17. The Labute approximate surface area is 149 Å². The fourth-order valence-corrected chi connectivity index (χ4v) is 3.19. The van der Waals surface area contributed by atoms with E-state index in [0.29, 0.717) is 16.4 Å². The van der Waals surface area contributed by atoms with E-state index < -0.39 is 0 Å². The Balaban J connectivity index is 1.78. The van der Waals surface area contributed by atoms with Crippen molar-refractivity contribution in [1.29, 1.82) is 0 Å². The number of nitrogens with one attached hydrogen (secondary N) is 1. The summed E-state index contributed by atoms with van der Waals surface area (Å²) < 4.78 is 1.58. The largest absolute Gasteiger partial charge is 0.323 e. The number of anilines is 1. The lowest BCUT2D eigenvalue weighted by Gasteiger charge is -2.15. The zero-order valence-electron chi connectivity index (χ0n) is 12.9. The number of thioether (sulfide) groups is 1. The monoisotopic (exact) mass is 358 g/mol. The van der Waals surface area contributed by atoms with E-state index in [-0.39, 0.29) is 11.2 Å². The second kappa shape index (κ2) is 7.51. The molecule has 0 saturated carbocycles. The van der Waals surface area contributed by atoms with Gasteiger partial charge in [-0.1, -0.05) is 29.8 Å². The predicted octanol–water partition coefficient (Wildman–Crippen LogP) is 4.04. The third-order valence-corrected chi connectivity index (χ3v) is 4.65. The summed E-state index contributed by atoms with van der Waals surface area (Å²) in [5.41, 5.74) is 1.31. The number of rotatable bonds is 5. The third-order valence-electron chi connectivity index (χ3n) is 3.31. The van der Waals surface area contributed by atoms with E-state index in [9.17, 15) is 4.79 Å². The van der Waals surface area contributed by atoms with Gasteiger partial charge in [0.05, 0.1) is 16.6 Å². The molecule has 1 atom stereocenters. The van der Waals surface area contributed by atoms with Crippen LogP contribution in [-0.4, -0.2) is 25.9 Å². The maximum atomic E-state index is 12.5. The van der Waals surface area contributed by atoms with Gasteiger partial charge in [-0.15, -0.1) is 11.8 Å². The van der Waals surface area contributed by atoms with Crippen LogP contribution >= 0.6 is 23.4 Å². The lowest BCUT2D eigenvalue weighted by molar-refractivity contribution is -0.115. The molecule has 1 N–H and O–H groups in total. The van der Waals surface area contributed by atoms with Crippen LogP contribution in [0.3, 0.4) is 0 Å².